The van der Waals surface area contributed by atoms with Gasteiger partial charge in [-0.2, -0.15) is 0 Å². The van der Waals surface area contributed by atoms with Crippen molar-refractivity contribution in [3.63, 3.8) is 0 Å². The molecule has 1 aromatic rings. The molecule has 1 aliphatic carbocycles. The Kier molecular flexibility index (Phi) is 5.19. The minimum Gasteiger partial charge on any atom is -0.468 e. The van der Waals surface area contributed by atoms with Gasteiger partial charge in [-0.15, -0.1) is 0 Å². The van der Waals surface area contributed by atoms with Crippen molar-refractivity contribution in [2.75, 3.05) is 14.2 Å². The zero-order valence-electron chi connectivity index (χ0n) is 13.8. The van der Waals surface area contributed by atoms with Gasteiger partial charge < -0.3 is 9.47 Å². The summed E-state index contributed by atoms with van der Waals surface area (Å²) in [4.78, 5) is 37.1. The first kappa shape index (κ1) is 17.2. The fourth-order valence-corrected chi connectivity index (χ4v) is 3.42. The van der Waals surface area contributed by atoms with Gasteiger partial charge in [0.1, 0.15) is 0 Å². The Balaban J connectivity index is 2.25. The van der Waals surface area contributed by atoms with E-state index in [0.29, 0.717) is 24.8 Å². The van der Waals surface area contributed by atoms with Crippen molar-refractivity contribution < 1.29 is 23.9 Å². The topological polar surface area (TPSA) is 69.7 Å². The van der Waals surface area contributed by atoms with Gasteiger partial charge in [-0.25, -0.2) is 0 Å². The monoisotopic (exact) mass is 318 g/mol. The highest BCUT2D eigenvalue weighted by molar-refractivity contribution is 6.02. The smallest absolute Gasteiger partial charge is 0.323 e. The van der Waals surface area contributed by atoms with Crippen LogP contribution in [0.4, 0.5) is 0 Å². The lowest BCUT2D eigenvalue weighted by Crippen LogP contribution is -2.44. The highest BCUT2D eigenvalue weighted by Crippen LogP contribution is 2.47. The molecule has 0 saturated heterocycles. The Morgan fingerprint density at radius 3 is 2.17 bits per heavy atom. The molecule has 0 N–H and O–H groups in total. The largest absolute Gasteiger partial charge is 0.468 e. The number of rotatable bonds is 5. The van der Waals surface area contributed by atoms with Crippen molar-refractivity contribution in [2.45, 2.75) is 32.6 Å². The molecule has 0 amide bonds. The predicted octanol–water partition coefficient (Wildman–Crippen LogP) is 2.70. The molecular formula is C18H22O5. The first-order chi connectivity index (χ1) is 11.0. The Labute approximate surface area is 136 Å². The molecule has 2 rings (SSSR count). The number of ether oxygens (including phenoxy) is 2. The standard InChI is InChI=1S/C18H22O5/c1-12-6-8-13(9-7-12)15(19)11-14-5-4-10-18(14,16(20)22-2)17(21)23-3/h6-9,14H,4-5,10-11H2,1-3H3/t14-/m0/s1. The molecular weight excluding hydrogens is 296 g/mol. The minimum absolute atomic E-state index is 0.0749. The molecule has 0 spiro atoms. The molecule has 23 heavy (non-hydrogen) atoms. The zero-order chi connectivity index (χ0) is 17.0. The average Bonchev–Trinajstić information content (AvgIpc) is 2.98. The van der Waals surface area contributed by atoms with Crippen LogP contribution in [-0.4, -0.2) is 31.9 Å². The maximum atomic E-state index is 12.5. The second-order valence-corrected chi connectivity index (χ2v) is 6.04. The number of ketones is 1. The summed E-state index contributed by atoms with van der Waals surface area (Å²) in [5, 5.41) is 0. The van der Waals surface area contributed by atoms with Gasteiger partial charge in [0.15, 0.2) is 11.2 Å². The number of hydrogen-bond acceptors (Lipinski definition) is 5. The van der Waals surface area contributed by atoms with Crippen LogP contribution in [0.15, 0.2) is 24.3 Å². The molecule has 0 bridgehead atoms. The Hall–Kier alpha value is -2.17. The third-order valence-electron chi connectivity index (χ3n) is 4.73. The van der Waals surface area contributed by atoms with Crippen LogP contribution in [0, 0.1) is 18.3 Å². The Morgan fingerprint density at radius 1 is 1.09 bits per heavy atom. The van der Waals surface area contributed by atoms with Gasteiger partial charge >= 0.3 is 11.9 Å². The van der Waals surface area contributed by atoms with E-state index in [1.165, 1.54) is 14.2 Å². The Morgan fingerprint density at radius 2 is 1.65 bits per heavy atom. The van der Waals surface area contributed by atoms with Crippen LogP contribution < -0.4 is 0 Å². The quantitative estimate of drug-likeness (QED) is 0.474. The highest BCUT2D eigenvalue weighted by Gasteiger charge is 2.57. The number of esters is 2. The van der Waals surface area contributed by atoms with Gasteiger partial charge in [-0.1, -0.05) is 36.2 Å². The fourth-order valence-electron chi connectivity index (χ4n) is 3.42. The van der Waals surface area contributed by atoms with E-state index in [-0.39, 0.29) is 12.2 Å². The zero-order valence-corrected chi connectivity index (χ0v) is 13.8. The number of carbonyl (C=O) groups is 3. The number of hydrogen-bond donors (Lipinski definition) is 0. The average molecular weight is 318 g/mol. The molecule has 5 heteroatoms. The van der Waals surface area contributed by atoms with E-state index in [1.54, 1.807) is 12.1 Å². The van der Waals surface area contributed by atoms with Gasteiger partial charge in [0.2, 0.25) is 0 Å². The third kappa shape index (κ3) is 3.14. The summed E-state index contributed by atoms with van der Waals surface area (Å²) in [6, 6.07) is 7.28. The molecule has 1 aromatic carbocycles. The summed E-state index contributed by atoms with van der Waals surface area (Å²) in [5.41, 5.74) is 0.302. The van der Waals surface area contributed by atoms with Crippen molar-refractivity contribution in [3.05, 3.63) is 35.4 Å². The highest BCUT2D eigenvalue weighted by atomic mass is 16.5. The first-order valence-electron chi connectivity index (χ1n) is 7.72. The number of benzene rings is 1. The van der Waals surface area contributed by atoms with E-state index in [2.05, 4.69) is 0 Å². The maximum Gasteiger partial charge on any atom is 0.323 e. The summed E-state index contributed by atoms with van der Waals surface area (Å²) in [6.07, 6.45) is 1.81. The normalized spacial score (nSPS) is 19.2. The van der Waals surface area contributed by atoms with E-state index >= 15 is 0 Å². The van der Waals surface area contributed by atoms with Crippen LogP contribution in [0.1, 0.15) is 41.6 Å². The van der Waals surface area contributed by atoms with Crippen LogP contribution in [0.3, 0.4) is 0 Å². The molecule has 124 valence electrons. The maximum absolute atomic E-state index is 12.5. The van der Waals surface area contributed by atoms with Gasteiger partial charge in [0.05, 0.1) is 14.2 Å². The number of aryl methyl sites for hydroxylation is 1. The lowest BCUT2D eigenvalue weighted by molar-refractivity contribution is -0.172. The van der Waals surface area contributed by atoms with Gasteiger partial charge in [0.25, 0.3) is 0 Å². The lowest BCUT2D eigenvalue weighted by atomic mass is 9.75. The molecule has 0 radical (unpaired) electrons. The predicted molar refractivity (Wildman–Crippen MR) is 83.9 cm³/mol. The second kappa shape index (κ2) is 6.94. The number of Topliss-reactive ketones (excluding diaryl/α,β-unsaturated/α-hetero) is 1. The summed E-state index contributed by atoms with van der Waals surface area (Å²) in [7, 11) is 2.51. The van der Waals surface area contributed by atoms with E-state index in [4.69, 9.17) is 9.47 Å². The van der Waals surface area contributed by atoms with Crippen molar-refractivity contribution in [1.82, 2.24) is 0 Å². The first-order valence-corrected chi connectivity index (χ1v) is 7.72. The van der Waals surface area contributed by atoms with Gasteiger partial charge in [-0.3, -0.25) is 14.4 Å². The van der Waals surface area contributed by atoms with Crippen LogP contribution in [-0.2, 0) is 19.1 Å². The summed E-state index contributed by atoms with van der Waals surface area (Å²) >= 11 is 0. The second-order valence-electron chi connectivity index (χ2n) is 6.04. The van der Waals surface area contributed by atoms with E-state index < -0.39 is 23.3 Å². The van der Waals surface area contributed by atoms with Crippen molar-refractivity contribution in [1.29, 1.82) is 0 Å². The molecule has 1 saturated carbocycles. The molecule has 0 heterocycles. The molecule has 5 nitrogen and oxygen atoms in total. The third-order valence-corrected chi connectivity index (χ3v) is 4.73. The lowest BCUT2D eigenvalue weighted by Gasteiger charge is -2.29. The fraction of sp³-hybridized carbons (Fsp3) is 0.500. The van der Waals surface area contributed by atoms with Crippen molar-refractivity contribution in [3.8, 4) is 0 Å². The van der Waals surface area contributed by atoms with E-state index in [0.717, 1.165) is 5.56 Å². The summed E-state index contributed by atoms with van der Waals surface area (Å²) in [6.45, 7) is 1.95. The minimum atomic E-state index is -1.36. The van der Waals surface area contributed by atoms with Crippen LogP contribution in [0.25, 0.3) is 0 Å². The van der Waals surface area contributed by atoms with Crippen molar-refractivity contribution in [2.24, 2.45) is 11.3 Å². The SMILES string of the molecule is COC(=O)C1(C(=O)OC)CCC[C@H]1CC(=O)c1ccc(C)cc1. The van der Waals surface area contributed by atoms with Crippen LogP contribution >= 0.6 is 0 Å². The molecule has 0 aliphatic heterocycles. The molecule has 0 aromatic heterocycles. The summed E-state index contributed by atoms with van der Waals surface area (Å²) in [5.74, 6) is -1.68. The number of methoxy groups -OCH3 is 2. The van der Waals surface area contributed by atoms with Crippen LogP contribution in [0.2, 0.25) is 0 Å². The van der Waals surface area contributed by atoms with Gasteiger partial charge in [0, 0.05) is 12.0 Å². The van der Waals surface area contributed by atoms with Crippen molar-refractivity contribution >= 4 is 17.7 Å². The molecule has 1 atom stereocenters. The molecule has 1 aliphatic rings. The van der Waals surface area contributed by atoms with Crippen LogP contribution in [0.5, 0.6) is 0 Å². The Bertz CT molecular complexity index is 586. The molecule has 0 unspecified atom stereocenters. The van der Waals surface area contributed by atoms with Gasteiger partial charge in [-0.05, 0) is 25.7 Å². The number of carbonyl (C=O) groups excluding carboxylic acids is 3. The molecule has 1 fully saturated rings. The van der Waals surface area contributed by atoms with E-state index in [1.807, 2.05) is 19.1 Å². The van der Waals surface area contributed by atoms with E-state index in [9.17, 15) is 14.4 Å². The summed E-state index contributed by atoms with van der Waals surface area (Å²) < 4.78 is 9.69.